The molecule has 0 amide bonds. The van der Waals surface area contributed by atoms with Crippen LogP contribution in [0.1, 0.15) is 37.8 Å². The number of nitrogens with one attached hydrogen (secondary N) is 1. The molecule has 1 aliphatic rings. The third-order valence-corrected chi connectivity index (χ3v) is 5.05. The van der Waals surface area contributed by atoms with Crippen LogP contribution < -0.4 is 17.0 Å². The molecule has 3 N–H and O–H groups in total. The molecular formula is C15H20N8O2. The van der Waals surface area contributed by atoms with E-state index >= 15 is 0 Å². The van der Waals surface area contributed by atoms with E-state index < -0.39 is 16.8 Å². The van der Waals surface area contributed by atoms with E-state index in [2.05, 4.69) is 20.3 Å². The van der Waals surface area contributed by atoms with E-state index in [1.807, 2.05) is 0 Å². The highest BCUT2D eigenvalue weighted by atomic mass is 16.2. The monoisotopic (exact) mass is 344 g/mol. The summed E-state index contributed by atoms with van der Waals surface area (Å²) in [5.74, 6) is 0.325. The summed E-state index contributed by atoms with van der Waals surface area (Å²) in [5.41, 5.74) is 6.40. The fraction of sp³-hybridized carbons (Fsp3) is 0.533. The van der Waals surface area contributed by atoms with Gasteiger partial charge in [0, 0.05) is 14.1 Å². The zero-order valence-electron chi connectivity index (χ0n) is 14.2. The number of aromatic amines is 1. The Morgan fingerprint density at radius 2 is 1.88 bits per heavy atom. The van der Waals surface area contributed by atoms with Crippen LogP contribution in [0.25, 0.3) is 17.1 Å². The summed E-state index contributed by atoms with van der Waals surface area (Å²) in [6, 6.07) is 0. The van der Waals surface area contributed by atoms with Crippen LogP contribution in [0.4, 0.5) is 0 Å². The van der Waals surface area contributed by atoms with E-state index in [4.69, 9.17) is 5.73 Å². The van der Waals surface area contributed by atoms with Gasteiger partial charge in [-0.05, 0) is 12.8 Å². The van der Waals surface area contributed by atoms with Crippen LogP contribution in [-0.2, 0) is 19.6 Å². The molecule has 3 aromatic heterocycles. The maximum Gasteiger partial charge on any atom is 0.332 e. The smallest absolute Gasteiger partial charge is 0.320 e. The van der Waals surface area contributed by atoms with Gasteiger partial charge in [0.2, 0.25) is 5.95 Å². The maximum absolute atomic E-state index is 12.3. The lowest BCUT2D eigenvalue weighted by Gasteiger charge is -2.31. The summed E-state index contributed by atoms with van der Waals surface area (Å²) in [5, 5.41) is 8.32. The average Bonchev–Trinajstić information content (AvgIpc) is 3.26. The molecule has 25 heavy (non-hydrogen) atoms. The largest absolute Gasteiger partial charge is 0.332 e. The molecule has 0 unspecified atom stereocenters. The van der Waals surface area contributed by atoms with E-state index in [9.17, 15) is 9.59 Å². The van der Waals surface area contributed by atoms with Gasteiger partial charge in [0.05, 0.1) is 11.7 Å². The van der Waals surface area contributed by atoms with E-state index in [1.54, 1.807) is 13.2 Å². The van der Waals surface area contributed by atoms with Gasteiger partial charge >= 0.3 is 5.69 Å². The Hall–Kier alpha value is -2.75. The van der Waals surface area contributed by atoms with Crippen LogP contribution in [0.15, 0.2) is 15.8 Å². The molecule has 3 heterocycles. The summed E-state index contributed by atoms with van der Waals surface area (Å²) in [6.45, 7) is 0. The third-order valence-electron chi connectivity index (χ3n) is 5.05. The normalized spacial score (nSPS) is 17.2. The molecule has 132 valence electrons. The van der Waals surface area contributed by atoms with Gasteiger partial charge in [0.25, 0.3) is 5.56 Å². The quantitative estimate of drug-likeness (QED) is 0.654. The molecule has 0 bridgehead atoms. The second-order valence-electron chi connectivity index (χ2n) is 6.73. The first kappa shape index (κ1) is 15.8. The van der Waals surface area contributed by atoms with Gasteiger partial charge in [-0.3, -0.25) is 13.9 Å². The van der Waals surface area contributed by atoms with Crippen molar-refractivity contribution >= 4 is 11.2 Å². The number of H-pyrrole nitrogens is 1. The molecule has 10 heteroatoms. The average molecular weight is 344 g/mol. The van der Waals surface area contributed by atoms with E-state index in [0.717, 1.165) is 35.9 Å². The van der Waals surface area contributed by atoms with Crippen molar-refractivity contribution in [1.82, 2.24) is 34.1 Å². The van der Waals surface area contributed by atoms with Crippen molar-refractivity contribution in [3.63, 3.8) is 0 Å². The minimum absolute atomic E-state index is 0.247. The standard InChI is InChI=1S/C15H20N8O2/c1-21-11-10(12(24)22(2)14(21)25)17-13(18-11)23-8-9(19-20-23)15(16)6-4-3-5-7-15/h8H,3-7,16H2,1-2H3,(H,17,18). The summed E-state index contributed by atoms with van der Waals surface area (Å²) in [4.78, 5) is 31.6. The summed E-state index contributed by atoms with van der Waals surface area (Å²) in [6.07, 6.45) is 6.83. The zero-order chi connectivity index (χ0) is 17.8. The molecule has 0 saturated heterocycles. The van der Waals surface area contributed by atoms with E-state index in [1.165, 1.54) is 22.7 Å². The molecule has 0 aromatic carbocycles. The number of hydrogen-bond donors (Lipinski definition) is 2. The van der Waals surface area contributed by atoms with Crippen molar-refractivity contribution in [2.45, 2.75) is 37.6 Å². The number of hydrogen-bond acceptors (Lipinski definition) is 6. The van der Waals surface area contributed by atoms with E-state index in [-0.39, 0.29) is 11.2 Å². The SMILES string of the molecule is Cn1c(=O)c2[nH]c(-n3cc(C4(N)CCCCC4)nn3)nc2n(C)c1=O. The second kappa shape index (κ2) is 5.38. The topological polar surface area (TPSA) is 129 Å². The highest BCUT2D eigenvalue weighted by Gasteiger charge is 2.32. The van der Waals surface area contributed by atoms with Crippen molar-refractivity contribution in [3.05, 3.63) is 32.7 Å². The molecule has 1 saturated carbocycles. The third kappa shape index (κ3) is 2.32. The van der Waals surface area contributed by atoms with Gasteiger partial charge in [0.1, 0.15) is 5.69 Å². The Labute approximate surface area is 142 Å². The summed E-state index contributed by atoms with van der Waals surface area (Å²) >= 11 is 0. The molecular weight excluding hydrogens is 324 g/mol. The van der Waals surface area contributed by atoms with Crippen molar-refractivity contribution in [3.8, 4) is 5.95 Å². The summed E-state index contributed by atoms with van der Waals surface area (Å²) in [7, 11) is 3.00. The highest BCUT2D eigenvalue weighted by Crippen LogP contribution is 2.33. The first-order valence-electron chi connectivity index (χ1n) is 8.28. The number of aryl methyl sites for hydroxylation is 1. The minimum atomic E-state index is -0.467. The predicted octanol–water partition coefficient (Wildman–Crippen LogP) is -0.341. The number of rotatable bonds is 2. The fourth-order valence-electron chi connectivity index (χ4n) is 3.46. The van der Waals surface area contributed by atoms with Gasteiger partial charge in [-0.2, -0.15) is 9.67 Å². The highest BCUT2D eigenvalue weighted by molar-refractivity contribution is 5.71. The van der Waals surface area contributed by atoms with Gasteiger partial charge < -0.3 is 10.7 Å². The van der Waals surface area contributed by atoms with Crippen LogP contribution >= 0.6 is 0 Å². The van der Waals surface area contributed by atoms with Gasteiger partial charge in [-0.25, -0.2) is 4.79 Å². The number of fused-ring (bicyclic) bond motifs is 1. The van der Waals surface area contributed by atoms with Crippen LogP contribution in [0.2, 0.25) is 0 Å². The predicted molar refractivity (Wildman–Crippen MR) is 90.4 cm³/mol. The van der Waals surface area contributed by atoms with Crippen molar-refractivity contribution < 1.29 is 0 Å². The lowest BCUT2D eigenvalue weighted by Crippen LogP contribution is -2.39. The molecule has 4 rings (SSSR count). The molecule has 10 nitrogen and oxygen atoms in total. The summed E-state index contributed by atoms with van der Waals surface area (Å²) < 4.78 is 3.82. The Morgan fingerprint density at radius 3 is 2.60 bits per heavy atom. The van der Waals surface area contributed by atoms with Crippen LogP contribution in [0.5, 0.6) is 0 Å². The molecule has 0 atom stereocenters. The Balaban J connectivity index is 1.81. The Bertz CT molecular complexity index is 1060. The minimum Gasteiger partial charge on any atom is -0.320 e. The molecule has 1 aliphatic carbocycles. The zero-order valence-corrected chi connectivity index (χ0v) is 14.2. The first-order chi connectivity index (χ1) is 11.9. The fourth-order valence-corrected chi connectivity index (χ4v) is 3.46. The van der Waals surface area contributed by atoms with Gasteiger partial charge in [0.15, 0.2) is 11.2 Å². The number of nitrogens with two attached hydrogens (primary N) is 1. The van der Waals surface area contributed by atoms with Crippen molar-refractivity contribution in [2.24, 2.45) is 19.8 Å². The molecule has 3 aromatic rings. The first-order valence-corrected chi connectivity index (χ1v) is 8.28. The van der Waals surface area contributed by atoms with Crippen LogP contribution in [0.3, 0.4) is 0 Å². The Kier molecular flexibility index (Phi) is 3.39. The van der Waals surface area contributed by atoms with Crippen molar-refractivity contribution in [2.75, 3.05) is 0 Å². The van der Waals surface area contributed by atoms with Gasteiger partial charge in [-0.15, -0.1) is 5.10 Å². The van der Waals surface area contributed by atoms with E-state index in [0.29, 0.717) is 5.95 Å². The van der Waals surface area contributed by atoms with Crippen LogP contribution in [-0.4, -0.2) is 34.1 Å². The molecule has 0 spiro atoms. The van der Waals surface area contributed by atoms with Gasteiger partial charge in [-0.1, -0.05) is 24.5 Å². The maximum atomic E-state index is 12.3. The number of aromatic nitrogens is 7. The lowest BCUT2D eigenvalue weighted by molar-refractivity contribution is 0.295. The van der Waals surface area contributed by atoms with Crippen LogP contribution in [0, 0.1) is 0 Å². The number of nitrogens with zero attached hydrogens (tertiary/aromatic N) is 6. The molecule has 0 radical (unpaired) electrons. The molecule has 0 aliphatic heterocycles. The number of imidazole rings is 1. The van der Waals surface area contributed by atoms with Crippen molar-refractivity contribution in [1.29, 1.82) is 0 Å². The lowest BCUT2D eigenvalue weighted by atomic mass is 9.80. The molecule has 1 fully saturated rings. The Morgan fingerprint density at radius 1 is 1.16 bits per heavy atom. The second-order valence-corrected chi connectivity index (χ2v) is 6.73.